The maximum atomic E-state index is 13.6. The summed E-state index contributed by atoms with van der Waals surface area (Å²) in [6.45, 7) is 6.99. The number of benzene rings is 2. The molecule has 1 aliphatic heterocycles. The molecule has 0 spiro atoms. The van der Waals surface area contributed by atoms with Crippen LogP contribution in [0, 0.1) is 17.8 Å². The van der Waals surface area contributed by atoms with Crippen LogP contribution in [0.25, 0.3) is 11.1 Å². The van der Waals surface area contributed by atoms with E-state index in [0.717, 1.165) is 35.3 Å². The van der Waals surface area contributed by atoms with Crippen LogP contribution >= 0.6 is 0 Å². The van der Waals surface area contributed by atoms with Gasteiger partial charge in [0.25, 0.3) is 0 Å². The molecule has 1 unspecified atom stereocenters. The zero-order valence-electron chi connectivity index (χ0n) is 23.6. The van der Waals surface area contributed by atoms with Gasteiger partial charge >= 0.3 is 0 Å². The van der Waals surface area contributed by atoms with Crippen LogP contribution in [0.15, 0.2) is 48.5 Å². The second-order valence-corrected chi connectivity index (χ2v) is 10.8. The highest BCUT2D eigenvalue weighted by Crippen LogP contribution is 2.31. The van der Waals surface area contributed by atoms with Crippen LogP contribution in [0.5, 0.6) is 5.75 Å². The molecule has 2 aromatic carbocycles. The van der Waals surface area contributed by atoms with Gasteiger partial charge in [0, 0.05) is 24.6 Å². The first-order valence-corrected chi connectivity index (χ1v) is 14.0. The smallest absolute Gasteiger partial charge is 0.247 e. The van der Waals surface area contributed by atoms with E-state index < -0.39 is 23.8 Å². The largest absolute Gasteiger partial charge is 0.496 e. The molecule has 0 aromatic heterocycles. The van der Waals surface area contributed by atoms with Crippen LogP contribution < -0.4 is 15.5 Å². The van der Waals surface area contributed by atoms with Crippen molar-refractivity contribution < 1.29 is 24.3 Å². The van der Waals surface area contributed by atoms with Crippen molar-refractivity contribution >= 4 is 17.7 Å². The molecule has 3 rings (SSSR count). The molecule has 0 bridgehead atoms. The van der Waals surface area contributed by atoms with Crippen molar-refractivity contribution in [3.05, 3.63) is 54.1 Å². The highest BCUT2D eigenvalue weighted by molar-refractivity contribution is 5.91. The molecule has 8 nitrogen and oxygen atoms in total. The van der Waals surface area contributed by atoms with Gasteiger partial charge in [-0.15, -0.1) is 0 Å². The van der Waals surface area contributed by atoms with Crippen LogP contribution in [0.4, 0.5) is 0 Å². The quantitative estimate of drug-likeness (QED) is 0.262. The summed E-state index contributed by atoms with van der Waals surface area (Å²) in [6.07, 6.45) is 3.89. The molecular weight excluding hydrogens is 494 g/mol. The number of rotatable bonds is 12. The lowest BCUT2D eigenvalue weighted by Gasteiger charge is -2.29. The van der Waals surface area contributed by atoms with E-state index in [9.17, 15) is 19.6 Å². The molecule has 2 aromatic rings. The molecule has 1 fully saturated rings. The van der Waals surface area contributed by atoms with Gasteiger partial charge in [0.2, 0.25) is 17.7 Å². The van der Waals surface area contributed by atoms with E-state index >= 15 is 0 Å². The zero-order chi connectivity index (χ0) is 28.4. The number of hydrogen-bond donors (Lipinski definition) is 3. The summed E-state index contributed by atoms with van der Waals surface area (Å²) >= 11 is 0. The number of ether oxygens (including phenoxy) is 1. The zero-order valence-corrected chi connectivity index (χ0v) is 23.6. The predicted molar refractivity (Wildman–Crippen MR) is 151 cm³/mol. The number of nitrogens with one attached hydrogen (secondary N) is 2. The number of carbonyl (C=O) groups is 3. The van der Waals surface area contributed by atoms with Crippen molar-refractivity contribution in [1.29, 1.82) is 0 Å². The van der Waals surface area contributed by atoms with Crippen LogP contribution in [0.2, 0.25) is 0 Å². The fourth-order valence-corrected chi connectivity index (χ4v) is 5.49. The first-order chi connectivity index (χ1) is 18.8. The van der Waals surface area contributed by atoms with Crippen molar-refractivity contribution in [2.75, 3.05) is 13.7 Å². The molecule has 1 heterocycles. The molecule has 8 heteroatoms. The second-order valence-electron chi connectivity index (χ2n) is 10.8. The molecule has 0 radical (unpaired) electrons. The fourth-order valence-electron chi connectivity index (χ4n) is 5.49. The van der Waals surface area contributed by atoms with Gasteiger partial charge in [-0.1, -0.05) is 63.6 Å². The molecule has 3 atom stereocenters. The van der Waals surface area contributed by atoms with Crippen molar-refractivity contribution in [2.45, 2.75) is 71.9 Å². The SMILES string of the molecule is CCC[C@H](C(=O)NO)C(CC(C)C)C(=O)N[C@H]1CCCCN(Cc2cccc(-c3ccccc3OC)c2)C1=O. The van der Waals surface area contributed by atoms with E-state index in [1.54, 1.807) is 12.6 Å². The second kappa shape index (κ2) is 14.7. The summed E-state index contributed by atoms with van der Waals surface area (Å²) in [6, 6.07) is 15.3. The average Bonchev–Trinajstić information content (AvgIpc) is 3.10. The van der Waals surface area contributed by atoms with Crippen molar-refractivity contribution in [3.8, 4) is 16.9 Å². The van der Waals surface area contributed by atoms with E-state index in [2.05, 4.69) is 11.4 Å². The molecule has 0 aliphatic carbocycles. The standard InChI is InChI=1S/C31H43N3O5/c1-5-11-25(30(36)33-38)26(18-21(2)3)29(35)32-27-15-8-9-17-34(31(27)37)20-22-12-10-13-23(19-22)24-14-6-7-16-28(24)39-4/h6-7,10,12-14,16,19,21,25-27,38H,5,8-9,11,15,17-18,20H2,1-4H3,(H,32,35)(H,33,36)/t25-,26?,27-/m0/s1. The Labute approximate surface area is 232 Å². The Bertz CT molecular complexity index is 1120. The first kappa shape index (κ1) is 30.2. The Morgan fingerprint density at radius 3 is 2.54 bits per heavy atom. The Morgan fingerprint density at radius 2 is 1.85 bits per heavy atom. The first-order valence-electron chi connectivity index (χ1n) is 14.0. The topological polar surface area (TPSA) is 108 Å². The summed E-state index contributed by atoms with van der Waals surface area (Å²) in [5, 5.41) is 12.3. The summed E-state index contributed by atoms with van der Waals surface area (Å²) in [5.74, 6) is -1.29. The lowest BCUT2D eigenvalue weighted by molar-refractivity contribution is -0.143. The number of likely N-dealkylation sites (tertiary alicyclic amines) is 1. The summed E-state index contributed by atoms with van der Waals surface area (Å²) in [5.41, 5.74) is 4.73. The van der Waals surface area contributed by atoms with Gasteiger partial charge in [0.05, 0.1) is 13.0 Å². The van der Waals surface area contributed by atoms with Crippen molar-refractivity contribution in [1.82, 2.24) is 15.7 Å². The number of nitrogens with zero attached hydrogens (tertiary/aromatic N) is 1. The van der Waals surface area contributed by atoms with Crippen LogP contribution in [-0.4, -0.2) is 47.5 Å². The molecule has 3 amide bonds. The predicted octanol–water partition coefficient (Wildman–Crippen LogP) is 4.94. The Balaban J connectivity index is 1.78. The van der Waals surface area contributed by atoms with Gasteiger partial charge in [0.15, 0.2) is 0 Å². The van der Waals surface area contributed by atoms with E-state index in [-0.39, 0.29) is 17.7 Å². The van der Waals surface area contributed by atoms with Crippen molar-refractivity contribution in [3.63, 3.8) is 0 Å². The van der Waals surface area contributed by atoms with Crippen LogP contribution in [0.1, 0.15) is 64.9 Å². The minimum atomic E-state index is -0.655. The number of hydroxylamine groups is 1. The molecule has 0 saturated carbocycles. The van der Waals surface area contributed by atoms with Gasteiger partial charge in [-0.2, -0.15) is 0 Å². The lowest BCUT2D eigenvalue weighted by atomic mass is 9.81. The third-order valence-corrected chi connectivity index (χ3v) is 7.41. The van der Waals surface area contributed by atoms with E-state index in [1.807, 2.05) is 68.1 Å². The number of para-hydroxylation sites is 1. The lowest BCUT2D eigenvalue weighted by Crippen LogP contribution is -2.51. The van der Waals surface area contributed by atoms with Gasteiger partial charge in [0.1, 0.15) is 11.8 Å². The number of methoxy groups -OCH3 is 1. The van der Waals surface area contributed by atoms with Gasteiger partial charge < -0.3 is 15.0 Å². The third kappa shape index (κ3) is 8.05. The number of carbonyl (C=O) groups excluding carboxylic acids is 3. The van der Waals surface area contributed by atoms with Gasteiger partial charge in [-0.05, 0) is 61.3 Å². The Kier molecular flexibility index (Phi) is 11.3. The molecular formula is C31H43N3O5. The van der Waals surface area contributed by atoms with Gasteiger partial charge in [-0.25, -0.2) is 5.48 Å². The minimum Gasteiger partial charge on any atom is -0.496 e. The maximum Gasteiger partial charge on any atom is 0.247 e. The molecule has 1 aliphatic rings. The van der Waals surface area contributed by atoms with Crippen LogP contribution in [0.3, 0.4) is 0 Å². The summed E-state index contributed by atoms with van der Waals surface area (Å²) in [4.78, 5) is 41.4. The number of hydrogen-bond acceptors (Lipinski definition) is 5. The number of amides is 3. The normalized spacial score (nSPS) is 17.3. The van der Waals surface area contributed by atoms with Gasteiger partial charge in [-0.3, -0.25) is 19.6 Å². The fraction of sp³-hybridized carbons (Fsp3) is 0.516. The van der Waals surface area contributed by atoms with E-state index in [1.165, 1.54) is 0 Å². The summed E-state index contributed by atoms with van der Waals surface area (Å²) < 4.78 is 5.53. The Hall–Kier alpha value is -3.39. The monoisotopic (exact) mass is 537 g/mol. The highest BCUT2D eigenvalue weighted by atomic mass is 16.5. The minimum absolute atomic E-state index is 0.106. The maximum absolute atomic E-state index is 13.6. The summed E-state index contributed by atoms with van der Waals surface area (Å²) in [7, 11) is 1.65. The molecule has 1 saturated heterocycles. The molecule has 3 N–H and O–H groups in total. The molecule has 39 heavy (non-hydrogen) atoms. The Morgan fingerprint density at radius 1 is 1.08 bits per heavy atom. The molecule has 212 valence electrons. The third-order valence-electron chi connectivity index (χ3n) is 7.41. The van der Waals surface area contributed by atoms with E-state index in [4.69, 9.17) is 4.74 Å². The van der Waals surface area contributed by atoms with E-state index in [0.29, 0.717) is 38.8 Å². The van der Waals surface area contributed by atoms with Crippen LogP contribution in [-0.2, 0) is 20.9 Å². The highest BCUT2D eigenvalue weighted by Gasteiger charge is 2.36. The van der Waals surface area contributed by atoms with Crippen molar-refractivity contribution in [2.24, 2.45) is 17.8 Å². The average molecular weight is 538 g/mol.